The molecule has 1 rings (SSSR count). The lowest BCUT2D eigenvalue weighted by Crippen LogP contribution is -2.05. The molecule has 0 saturated carbocycles. The van der Waals surface area contributed by atoms with E-state index in [-0.39, 0.29) is 0 Å². The van der Waals surface area contributed by atoms with Crippen molar-refractivity contribution in [2.45, 2.75) is 0 Å². The van der Waals surface area contributed by atoms with Crippen molar-refractivity contribution in [1.82, 2.24) is 0 Å². The molecular formula is C11H15O3. The first-order chi connectivity index (χ1) is 6.77. The van der Waals surface area contributed by atoms with Crippen molar-refractivity contribution in [3.05, 3.63) is 30.7 Å². The molecule has 3 nitrogen and oxygen atoms in total. The van der Waals surface area contributed by atoms with Crippen molar-refractivity contribution in [3.8, 4) is 11.5 Å². The summed E-state index contributed by atoms with van der Waals surface area (Å²) in [6, 6.07) is 5.56. The van der Waals surface area contributed by atoms with E-state index in [9.17, 15) is 0 Å². The minimum Gasteiger partial charge on any atom is -0.493 e. The van der Waals surface area contributed by atoms with Crippen molar-refractivity contribution >= 4 is 0 Å². The molecule has 1 radical (unpaired) electrons. The largest absolute Gasteiger partial charge is 0.493 e. The molecule has 0 aromatic heterocycles. The average molecular weight is 195 g/mol. The molecule has 14 heavy (non-hydrogen) atoms. The highest BCUT2D eigenvalue weighted by Crippen LogP contribution is 2.27. The molecular weight excluding hydrogens is 180 g/mol. The Kier molecular flexibility index (Phi) is 4.26. The molecule has 0 atom stereocenters. The quantitative estimate of drug-likeness (QED) is 0.672. The van der Waals surface area contributed by atoms with Crippen LogP contribution in [0, 0.1) is 6.92 Å². The minimum absolute atomic E-state index is 0.517. The van der Waals surface area contributed by atoms with Gasteiger partial charge in [-0.1, -0.05) is 6.07 Å². The molecule has 0 aliphatic rings. The first-order valence-electron chi connectivity index (χ1n) is 4.39. The summed E-state index contributed by atoms with van der Waals surface area (Å²) >= 11 is 0. The third-order valence-corrected chi connectivity index (χ3v) is 1.77. The smallest absolute Gasteiger partial charge is 0.161 e. The van der Waals surface area contributed by atoms with Crippen LogP contribution in [0.25, 0.3) is 0 Å². The van der Waals surface area contributed by atoms with E-state index < -0.39 is 0 Å². The maximum Gasteiger partial charge on any atom is 0.161 e. The van der Waals surface area contributed by atoms with Crippen LogP contribution in [0.2, 0.25) is 0 Å². The van der Waals surface area contributed by atoms with Gasteiger partial charge in [-0.15, -0.1) is 0 Å². The zero-order valence-electron chi connectivity index (χ0n) is 8.58. The fraction of sp³-hybridized carbons (Fsp3) is 0.364. The fourth-order valence-corrected chi connectivity index (χ4v) is 1.07. The third kappa shape index (κ3) is 2.92. The molecule has 0 heterocycles. The number of rotatable bonds is 5. The highest BCUT2D eigenvalue weighted by molar-refractivity contribution is 5.43. The summed E-state index contributed by atoms with van der Waals surface area (Å²) in [5, 5.41) is 0. The highest BCUT2D eigenvalue weighted by Gasteiger charge is 2.03. The SMILES string of the molecule is [CH2]c1ccc(OCCOC)c(OC)c1. The zero-order chi connectivity index (χ0) is 10.4. The Morgan fingerprint density at radius 3 is 2.57 bits per heavy atom. The molecule has 1 aromatic carbocycles. The summed E-state index contributed by atoms with van der Waals surface area (Å²) in [7, 11) is 3.25. The lowest BCUT2D eigenvalue weighted by molar-refractivity contribution is 0.144. The molecule has 0 amide bonds. The molecule has 0 unspecified atom stereocenters. The third-order valence-electron chi connectivity index (χ3n) is 1.77. The van der Waals surface area contributed by atoms with Gasteiger partial charge in [0.05, 0.1) is 13.7 Å². The molecule has 0 N–H and O–H groups in total. The van der Waals surface area contributed by atoms with Crippen LogP contribution < -0.4 is 9.47 Å². The average Bonchev–Trinajstić information content (AvgIpc) is 2.20. The summed E-state index contributed by atoms with van der Waals surface area (Å²) in [5.74, 6) is 1.42. The second-order valence-electron chi connectivity index (χ2n) is 2.83. The lowest BCUT2D eigenvalue weighted by Gasteiger charge is -2.10. The predicted octanol–water partition coefficient (Wildman–Crippen LogP) is 1.90. The van der Waals surface area contributed by atoms with Crippen LogP contribution in [0.5, 0.6) is 11.5 Å². The van der Waals surface area contributed by atoms with E-state index in [0.29, 0.717) is 19.0 Å². The Labute approximate surface area is 84.6 Å². The normalized spacial score (nSPS) is 9.93. The van der Waals surface area contributed by atoms with Gasteiger partial charge in [0.15, 0.2) is 11.5 Å². The summed E-state index contributed by atoms with van der Waals surface area (Å²) < 4.78 is 15.5. The van der Waals surface area contributed by atoms with E-state index in [1.807, 2.05) is 18.2 Å². The molecule has 0 aliphatic carbocycles. The highest BCUT2D eigenvalue weighted by atomic mass is 16.5. The van der Waals surface area contributed by atoms with Crippen LogP contribution in [0.3, 0.4) is 0 Å². The van der Waals surface area contributed by atoms with E-state index in [1.54, 1.807) is 14.2 Å². The van der Waals surface area contributed by atoms with Crippen molar-refractivity contribution in [3.63, 3.8) is 0 Å². The Morgan fingerprint density at radius 2 is 1.93 bits per heavy atom. The van der Waals surface area contributed by atoms with Crippen LogP contribution in [0.15, 0.2) is 18.2 Å². The van der Waals surface area contributed by atoms with Crippen molar-refractivity contribution in [2.24, 2.45) is 0 Å². The van der Waals surface area contributed by atoms with Gasteiger partial charge in [-0.2, -0.15) is 0 Å². The van der Waals surface area contributed by atoms with Crippen LogP contribution in [0.1, 0.15) is 5.56 Å². The van der Waals surface area contributed by atoms with Crippen LogP contribution in [0.4, 0.5) is 0 Å². The van der Waals surface area contributed by atoms with E-state index in [4.69, 9.17) is 14.2 Å². The van der Waals surface area contributed by atoms with Gasteiger partial charge in [0.1, 0.15) is 6.61 Å². The standard InChI is InChI=1S/C11H15O3/c1-9-4-5-10(11(8-9)13-3)14-7-6-12-2/h4-5,8H,1,6-7H2,2-3H3. The molecule has 0 bridgehead atoms. The van der Waals surface area contributed by atoms with Gasteiger partial charge in [-0.3, -0.25) is 0 Å². The molecule has 77 valence electrons. The van der Waals surface area contributed by atoms with Gasteiger partial charge in [-0.05, 0) is 24.6 Å². The van der Waals surface area contributed by atoms with Gasteiger partial charge in [0, 0.05) is 7.11 Å². The number of hydrogen-bond acceptors (Lipinski definition) is 3. The van der Waals surface area contributed by atoms with Crippen LogP contribution in [-0.4, -0.2) is 27.4 Å². The molecule has 0 aliphatic heterocycles. The molecule has 1 aromatic rings. The Bertz CT molecular complexity index is 284. The minimum atomic E-state index is 0.517. The second-order valence-corrected chi connectivity index (χ2v) is 2.83. The maximum absolute atomic E-state index is 5.45. The molecule has 0 fully saturated rings. The monoisotopic (exact) mass is 195 g/mol. The van der Waals surface area contributed by atoms with E-state index in [0.717, 1.165) is 11.3 Å². The summed E-state index contributed by atoms with van der Waals surface area (Å²) in [6.07, 6.45) is 0. The first-order valence-corrected chi connectivity index (χ1v) is 4.39. The van der Waals surface area contributed by atoms with Crippen LogP contribution >= 0.6 is 0 Å². The summed E-state index contributed by atoms with van der Waals surface area (Å²) in [5.41, 5.74) is 0.904. The van der Waals surface area contributed by atoms with E-state index in [2.05, 4.69) is 6.92 Å². The molecule has 0 saturated heterocycles. The number of methoxy groups -OCH3 is 2. The van der Waals surface area contributed by atoms with Gasteiger partial charge in [0.25, 0.3) is 0 Å². The molecule has 0 spiro atoms. The fourth-order valence-electron chi connectivity index (χ4n) is 1.07. The lowest BCUT2D eigenvalue weighted by atomic mass is 10.2. The van der Waals surface area contributed by atoms with Crippen molar-refractivity contribution in [2.75, 3.05) is 27.4 Å². The number of benzene rings is 1. The Balaban J connectivity index is 2.65. The second kappa shape index (κ2) is 5.50. The van der Waals surface area contributed by atoms with Crippen LogP contribution in [-0.2, 0) is 4.74 Å². The summed E-state index contributed by atoms with van der Waals surface area (Å²) in [4.78, 5) is 0. The van der Waals surface area contributed by atoms with Gasteiger partial charge in [-0.25, -0.2) is 0 Å². The Morgan fingerprint density at radius 1 is 1.14 bits per heavy atom. The summed E-state index contributed by atoms with van der Waals surface area (Å²) in [6.45, 7) is 4.89. The first kappa shape index (κ1) is 10.9. The van der Waals surface area contributed by atoms with E-state index >= 15 is 0 Å². The van der Waals surface area contributed by atoms with Gasteiger partial charge < -0.3 is 14.2 Å². The predicted molar refractivity (Wildman–Crippen MR) is 54.8 cm³/mol. The van der Waals surface area contributed by atoms with E-state index in [1.165, 1.54) is 0 Å². The number of hydrogen-bond donors (Lipinski definition) is 0. The topological polar surface area (TPSA) is 27.7 Å². The zero-order valence-corrected chi connectivity index (χ0v) is 8.58. The Hall–Kier alpha value is -1.22. The number of ether oxygens (including phenoxy) is 3. The van der Waals surface area contributed by atoms with Gasteiger partial charge >= 0.3 is 0 Å². The van der Waals surface area contributed by atoms with Crippen molar-refractivity contribution in [1.29, 1.82) is 0 Å². The molecule has 3 heteroatoms. The van der Waals surface area contributed by atoms with Gasteiger partial charge in [0.2, 0.25) is 0 Å². The maximum atomic E-state index is 5.45. The van der Waals surface area contributed by atoms with Crippen molar-refractivity contribution < 1.29 is 14.2 Å².